The molecule has 0 amide bonds. The third kappa shape index (κ3) is 12.9. The lowest BCUT2D eigenvalue weighted by atomic mass is 9.86. The molecule has 0 unspecified atom stereocenters. The number of ether oxygens (including phenoxy) is 2. The third-order valence-corrected chi connectivity index (χ3v) is 7.28. The average Bonchev–Trinajstić information content (AvgIpc) is 2.94. The summed E-state index contributed by atoms with van der Waals surface area (Å²) in [6.45, 7) is 14.6. The Morgan fingerprint density at radius 2 is 0.857 bits per heavy atom. The highest BCUT2D eigenvalue weighted by atomic mass is 16.5. The first-order valence-corrected chi connectivity index (χ1v) is 15.5. The highest BCUT2D eigenvalue weighted by Gasteiger charge is 2.16. The summed E-state index contributed by atoms with van der Waals surface area (Å²) in [4.78, 5) is 0. The molecule has 0 aliphatic heterocycles. The molecule has 2 rings (SSSR count). The van der Waals surface area contributed by atoms with Gasteiger partial charge in [-0.1, -0.05) is 105 Å². The van der Waals surface area contributed by atoms with Gasteiger partial charge in [-0.2, -0.15) is 0 Å². The number of terminal acetylenes is 2. The van der Waals surface area contributed by atoms with Crippen LogP contribution in [0.3, 0.4) is 0 Å². The van der Waals surface area contributed by atoms with Crippen LogP contribution in [0.4, 0.5) is 0 Å². The van der Waals surface area contributed by atoms with E-state index < -0.39 is 0 Å². The van der Waals surface area contributed by atoms with Crippen LogP contribution in [0.25, 0.3) is 0 Å². The van der Waals surface area contributed by atoms with Crippen molar-refractivity contribution in [3.63, 3.8) is 0 Å². The van der Waals surface area contributed by atoms with E-state index in [2.05, 4.69) is 101 Å². The molecule has 0 saturated heterocycles. The molecule has 222 valence electrons. The molecule has 0 heterocycles. The molecule has 0 fully saturated rings. The third-order valence-electron chi connectivity index (χ3n) is 7.28. The fourth-order valence-electron chi connectivity index (χ4n) is 4.63. The van der Waals surface area contributed by atoms with Crippen LogP contribution in [0.2, 0.25) is 0 Å². The van der Waals surface area contributed by atoms with Gasteiger partial charge in [0.1, 0.15) is 11.5 Å². The van der Waals surface area contributed by atoms with Gasteiger partial charge in [0.2, 0.25) is 0 Å². The molecule has 0 saturated carbocycles. The molecule has 0 aliphatic rings. The first-order chi connectivity index (χ1) is 20.1. The SMILES string of the molecule is C#CC#Cc1cc(C(C)(C)C)ccc1OCCCCCCCCCCCCOc1ccc(C(C)(C)C)cc1C#CC#C. The monoisotopic (exact) mass is 562 g/mol. The molecule has 0 spiro atoms. The van der Waals surface area contributed by atoms with Crippen molar-refractivity contribution in [2.24, 2.45) is 0 Å². The Kier molecular flexibility index (Phi) is 14.7. The van der Waals surface area contributed by atoms with Crippen molar-refractivity contribution in [1.82, 2.24) is 0 Å². The average molecular weight is 563 g/mol. The summed E-state index contributed by atoms with van der Waals surface area (Å²) in [5, 5.41) is 0. The van der Waals surface area contributed by atoms with Gasteiger partial charge in [-0.25, -0.2) is 0 Å². The summed E-state index contributed by atoms with van der Waals surface area (Å²) in [6.07, 6.45) is 22.9. The second kappa shape index (κ2) is 18.0. The van der Waals surface area contributed by atoms with Crippen LogP contribution in [-0.2, 0) is 10.8 Å². The molecule has 0 N–H and O–H groups in total. The second-order valence-corrected chi connectivity index (χ2v) is 12.9. The van der Waals surface area contributed by atoms with Gasteiger partial charge in [0.05, 0.1) is 24.3 Å². The molecule has 0 aromatic heterocycles. The summed E-state index contributed by atoms with van der Waals surface area (Å²) < 4.78 is 12.1. The lowest BCUT2D eigenvalue weighted by Crippen LogP contribution is -2.11. The van der Waals surface area contributed by atoms with E-state index in [-0.39, 0.29) is 10.8 Å². The topological polar surface area (TPSA) is 18.5 Å². The maximum atomic E-state index is 6.07. The molecule has 2 nitrogen and oxygen atoms in total. The Labute approximate surface area is 257 Å². The smallest absolute Gasteiger partial charge is 0.134 e. The van der Waals surface area contributed by atoms with Crippen molar-refractivity contribution < 1.29 is 9.47 Å². The molecular formula is C40H50O2. The molecule has 0 aliphatic carbocycles. The van der Waals surface area contributed by atoms with Gasteiger partial charge in [0, 0.05) is 0 Å². The number of rotatable bonds is 15. The van der Waals surface area contributed by atoms with Crippen LogP contribution in [0, 0.1) is 48.4 Å². The van der Waals surface area contributed by atoms with Gasteiger partial charge in [-0.05, 0) is 94.6 Å². The van der Waals surface area contributed by atoms with Crippen LogP contribution < -0.4 is 9.47 Å². The fraction of sp³-hybridized carbons (Fsp3) is 0.500. The first kappa shape index (κ1) is 34.5. The highest BCUT2D eigenvalue weighted by molar-refractivity contribution is 5.52. The number of benzene rings is 2. The van der Waals surface area contributed by atoms with E-state index in [9.17, 15) is 0 Å². The van der Waals surface area contributed by atoms with Crippen LogP contribution in [0.5, 0.6) is 11.5 Å². The maximum Gasteiger partial charge on any atom is 0.134 e. The minimum atomic E-state index is 0.0576. The van der Waals surface area contributed by atoms with Gasteiger partial charge in [-0.15, -0.1) is 12.8 Å². The molecule has 2 aromatic rings. The predicted molar refractivity (Wildman–Crippen MR) is 179 cm³/mol. The molecule has 2 aromatic carbocycles. The van der Waals surface area contributed by atoms with Crippen LogP contribution >= 0.6 is 0 Å². The molecule has 2 heteroatoms. The zero-order valence-corrected chi connectivity index (χ0v) is 26.9. The Morgan fingerprint density at radius 3 is 1.17 bits per heavy atom. The zero-order valence-electron chi connectivity index (χ0n) is 26.9. The minimum Gasteiger partial charge on any atom is -0.492 e. The maximum absolute atomic E-state index is 6.07. The van der Waals surface area contributed by atoms with E-state index in [1.165, 1.54) is 62.5 Å². The molecule has 0 bridgehead atoms. The summed E-state index contributed by atoms with van der Waals surface area (Å²) in [7, 11) is 0. The molecular weight excluding hydrogens is 512 g/mol. The van der Waals surface area contributed by atoms with Gasteiger partial charge < -0.3 is 9.47 Å². The standard InChI is InChI=1S/C40H50O2/c1-9-11-23-33-31-35(39(3,4)5)25-27-37(33)41-29-21-19-17-15-13-14-16-18-20-22-30-42-38-28-26-36(40(6,7)8)32-34(38)24-12-10-2/h1-2,25-28,31-32H,13-22,29-30H2,3-8H3. The predicted octanol–water partition coefficient (Wildman–Crippen LogP) is 9.61. The highest BCUT2D eigenvalue weighted by Crippen LogP contribution is 2.29. The van der Waals surface area contributed by atoms with E-state index in [0.717, 1.165) is 35.5 Å². The van der Waals surface area contributed by atoms with Gasteiger partial charge in [0.15, 0.2) is 0 Å². The fourth-order valence-corrected chi connectivity index (χ4v) is 4.63. The quantitative estimate of drug-likeness (QED) is 0.159. The van der Waals surface area contributed by atoms with E-state index >= 15 is 0 Å². The van der Waals surface area contributed by atoms with E-state index in [4.69, 9.17) is 22.3 Å². The van der Waals surface area contributed by atoms with Crippen molar-refractivity contribution >= 4 is 0 Å². The number of hydrogen-bond donors (Lipinski definition) is 0. The van der Waals surface area contributed by atoms with Crippen molar-refractivity contribution in [3.8, 4) is 59.9 Å². The summed E-state index contributed by atoms with van der Waals surface area (Å²) in [5.41, 5.74) is 4.32. The second-order valence-electron chi connectivity index (χ2n) is 12.9. The van der Waals surface area contributed by atoms with Crippen molar-refractivity contribution in [3.05, 3.63) is 58.7 Å². The Balaban J connectivity index is 1.57. The van der Waals surface area contributed by atoms with Crippen LogP contribution in [0.15, 0.2) is 36.4 Å². The lowest BCUT2D eigenvalue weighted by molar-refractivity contribution is 0.302. The van der Waals surface area contributed by atoms with Crippen LogP contribution in [0.1, 0.15) is 128 Å². The summed E-state index contributed by atoms with van der Waals surface area (Å²) >= 11 is 0. The van der Waals surface area contributed by atoms with E-state index in [0.29, 0.717) is 13.2 Å². The number of hydrogen-bond acceptors (Lipinski definition) is 2. The molecule has 0 radical (unpaired) electrons. The Bertz CT molecular complexity index is 1220. The molecule has 42 heavy (non-hydrogen) atoms. The van der Waals surface area contributed by atoms with Gasteiger partial charge in [-0.3, -0.25) is 0 Å². The number of unbranched alkanes of at least 4 members (excludes halogenated alkanes) is 9. The van der Waals surface area contributed by atoms with Gasteiger partial charge >= 0.3 is 0 Å². The van der Waals surface area contributed by atoms with E-state index in [1.807, 2.05) is 12.1 Å². The van der Waals surface area contributed by atoms with Crippen molar-refractivity contribution in [1.29, 1.82) is 0 Å². The Morgan fingerprint density at radius 1 is 0.524 bits per heavy atom. The molecule has 0 atom stereocenters. The zero-order chi connectivity index (χ0) is 30.8. The van der Waals surface area contributed by atoms with Crippen molar-refractivity contribution in [2.75, 3.05) is 13.2 Å². The van der Waals surface area contributed by atoms with Crippen LogP contribution in [-0.4, -0.2) is 13.2 Å². The van der Waals surface area contributed by atoms with E-state index in [1.54, 1.807) is 0 Å². The van der Waals surface area contributed by atoms with Crippen molar-refractivity contribution in [2.45, 2.75) is 117 Å². The van der Waals surface area contributed by atoms with Gasteiger partial charge in [0.25, 0.3) is 0 Å². The minimum absolute atomic E-state index is 0.0576. The lowest BCUT2D eigenvalue weighted by Gasteiger charge is -2.20. The summed E-state index contributed by atoms with van der Waals surface area (Å²) in [5.74, 6) is 18.1. The first-order valence-electron chi connectivity index (χ1n) is 15.5. The Hall–Kier alpha value is -3.72. The normalized spacial score (nSPS) is 10.9. The summed E-state index contributed by atoms with van der Waals surface area (Å²) in [6, 6.07) is 12.5. The largest absolute Gasteiger partial charge is 0.492 e.